The minimum absolute atomic E-state index is 0.0631. The van der Waals surface area contributed by atoms with Crippen molar-refractivity contribution in [3.8, 4) is 0 Å². The molecule has 0 fully saturated rings. The van der Waals surface area contributed by atoms with Crippen LogP contribution in [0.3, 0.4) is 0 Å². The third-order valence-electron chi connectivity index (χ3n) is 4.86. The molecular formula is C22H22N4O2S2. The van der Waals surface area contributed by atoms with Crippen LogP contribution in [0.4, 0.5) is 0 Å². The minimum Gasteiger partial charge on any atom is -0.353 e. The SMILES string of the molecule is CCC(C)NC(=O)CSc1nc2c(sc3ccccc32)c(=O)n1Cc1cccnc1. The van der Waals surface area contributed by atoms with Crippen molar-refractivity contribution < 1.29 is 4.79 Å². The van der Waals surface area contributed by atoms with Gasteiger partial charge in [-0.1, -0.05) is 43.0 Å². The van der Waals surface area contributed by atoms with E-state index in [4.69, 9.17) is 4.98 Å². The second-order valence-electron chi connectivity index (χ2n) is 7.09. The van der Waals surface area contributed by atoms with Gasteiger partial charge in [0.25, 0.3) is 5.56 Å². The molecule has 0 saturated heterocycles. The molecule has 4 rings (SSSR count). The highest BCUT2D eigenvalue weighted by Gasteiger charge is 2.18. The highest BCUT2D eigenvalue weighted by Crippen LogP contribution is 2.31. The minimum atomic E-state index is -0.0881. The number of carbonyl (C=O) groups excluding carboxylic acids is 1. The van der Waals surface area contributed by atoms with Gasteiger partial charge in [-0.3, -0.25) is 19.1 Å². The Morgan fingerprint density at radius 2 is 2.10 bits per heavy atom. The maximum atomic E-state index is 13.4. The smallest absolute Gasteiger partial charge is 0.272 e. The van der Waals surface area contributed by atoms with Gasteiger partial charge in [-0.15, -0.1) is 11.3 Å². The Balaban J connectivity index is 1.76. The predicted molar refractivity (Wildman–Crippen MR) is 123 cm³/mol. The van der Waals surface area contributed by atoms with Crippen molar-refractivity contribution in [3.63, 3.8) is 0 Å². The van der Waals surface area contributed by atoms with E-state index in [1.54, 1.807) is 17.0 Å². The highest BCUT2D eigenvalue weighted by atomic mass is 32.2. The van der Waals surface area contributed by atoms with Gasteiger partial charge in [-0.25, -0.2) is 4.98 Å². The van der Waals surface area contributed by atoms with Gasteiger partial charge in [0.1, 0.15) is 4.70 Å². The van der Waals surface area contributed by atoms with Gasteiger partial charge in [0, 0.05) is 28.5 Å². The van der Waals surface area contributed by atoms with Crippen LogP contribution >= 0.6 is 23.1 Å². The zero-order valence-electron chi connectivity index (χ0n) is 16.8. The van der Waals surface area contributed by atoms with Gasteiger partial charge in [0.2, 0.25) is 5.91 Å². The summed E-state index contributed by atoms with van der Waals surface area (Å²) in [4.78, 5) is 34.7. The largest absolute Gasteiger partial charge is 0.353 e. The van der Waals surface area contributed by atoms with Crippen molar-refractivity contribution in [1.29, 1.82) is 0 Å². The summed E-state index contributed by atoms with van der Waals surface area (Å²) in [7, 11) is 0. The van der Waals surface area contributed by atoms with Crippen molar-refractivity contribution in [2.24, 2.45) is 0 Å². The van der Waals surface area contributed by atoms with Gasteiger partial charge in [0.15, 0.2) is 5.16 Å². The second kappa shape index (κ2) is 8.97. The molecule has 3 heterocycles. The van der Waals surface area contributed by atoms with Gasteiger partial charge in [-0.2, -0.15) is 0 Å². The first-order chi connectivity index (χ1) is 14.6. The monoisotopic (exact) mass is 438 g/mol. The Kier molecular flexibility index (Phi) is 6.15. The molecule has 8 heteroatoms. The molecule has 0 aliphatic carbocycles. The topological polar surface area (TPSA) is 76.9 Å². The van der Waals surface area contributed by atoms with Gasteiger partial charge < -0.3 is 5.32 Å². The predicted octanol–water partition coefficient (Wildman–Crippen LogP) is 4.06. The third kappa shape index (κ3) is 4.24. The Labute approximate surface area is 182 Å². The summed E-state index contributed by atoms with van der Waals surface area (Å²) < 4.78 is 3.31. The molecule has 1 atom stereocenters. The summed E-state index contributed by atoms with van der Waals surface area (Å²) in [6, 6.07) is 11.8. The first-order valence-corrected chi connectivity index (χ1v) is 11.6. The van der Waals surface area contributed by atoms with Crippen LogP contribution in [-0.2, 0) is 11.3 Å². The number of nitrogens with zero attached hydrogens (tertiary/aromatic N) is 3. The number of hydrogen-bond donors (Lipinski definition) is 1. The zero-order chi connectivity index (χ0) is 21.1. The fourth-order valence-corrected chi connectivity index (χ4v) is 5.02. The van der Waals surface area contributed by atoms with E-state index >= 15 is 0 Å². The molecule has 6 nitrogen and oxygen atoms in total. The van der Waals surface area contributed by atoms with Crippen molar-refractivity contribution in [2.45, 2.75) is 38.0 Å². The molecule has 0 radical (unpaired) electrons. The molecule has 0 aliphatic heterocycles. The molecule has 3 aromatic heterocycles. The summed E-state index contributed by atoms with van der Waals surface area (Å²) >= 11 is 2.75. The third-order valence-corrected chi connectivity index (χ3v) is 6.99. The van der Waals surface area contributed by atoms with E-state index < -0.39 is 0 Å². The number of thioether (sulfide) groups is 1. The van der Waals surface area contributed by atoms with E-state index in [1.165, 1.54) is 23.1 Å². The molecule has 154 valence electrons. The number of amides is 1. The van der Waals surface area contributed by atoms with Gasteiger partial charge in [-0.05, 0) is 31.0 Å². The number of benzene rings is 1. The maximum Gasteiger partial charge on any atom is 0.272 e. The molecule has 1 unspecified atom stereocenters. The Morgan fingerprint density at radius 3 is 2.87 bits per heavy atom. The van der Waals surface area contributed by atoms with E-state index in [0.29, 0.717) is 21.9 Å². The van der Waals surface area contributed by atoms with E-state index in [1.807, 2.05) is 50.2 Å². The van der Waals surface area contributed by atoms with Crippen LogP contribution in [0, 0.1) is 0 Å². The molecule has 1 amide bonds. The van der Waals surface area contributed by atoms with Crippen LogP contribution in [0.2, 0.25) is 0 Å². The Hall–Kier alpha value is -2.71. The fraction of sp³-hybridized carbons (Fsp3) is 0.273. The van der Waals surface area contributed by atoms with Crippen LogP contribution in [-0.4, -0.2) is 32.2 Å². The highest BCUT2D eigenvalue weighted by molar-refractivity contribution is 7.99. The second-order valence-corrected chi connectivity index (χ2v) is 9.08. The number of thiophene rings is 1. The standard InChI is InChI=1S/C22H22N4O2S2/c1-3-14(2)24-18(27)13-29-22-25-19-16-8-4-5-9-17(16)30-20(19)21(28)26(22)12-15-7-6-10-23-11-15/h4-11,14H,3,12-13H2,1-2H3,(H,24,27). The number of rotatable bonds is 7. The lowest BCUT2D eigenvalue weighted by Gasteiger charge is -2.13. The lowest BCUT2D eigenvalue weighted by Crippen LogP contribution is -2.33. The summed E-state index contributed by atoms with van der Waals surface area (Å²) in [6.07, 6.45) is 4.31. The maximum absolute atomic E-state index is 13.4. The molecule has 0 saturated carbocycles. The van der Waals surface area contributed by atoms with Crippen LogP contribution in [0.1, 0.15) is 25.8 Å². The van der Waals surface area contributed by atoms with Gasteiger partial charge >= 0.3 is 0 Å². The number of fused-ring (bicyclic) bond motifs is 3. The lowest BCUT2D eigenvalue weighted by molar-refractivity contribution is -0.119. The fourth-order valence-electron chi connectivity index (χ4n) is 3.13. The average molecular weight is 439 g/mol. The molecule has 1 aromatic carbocycles. The first kappa shape index (κ1) is 20.6. The number of aromatic nitrogens is 3. The Morgan fingerprint density at radius 1 is 1.27 bits per heavy atom. The number of carbonyl (C=O) groups is 1. The van der Waals surface area contributed by atoms with E-state index in [0.717, 1.165) is 22.1 Å². The Bertz CT molecular complexity index is 1250. The van der Waals surface area contributed by atoms with Gasteiger partial charge in [0.05, 0.1) is 17.8 Å². The van der Waals surface area contributed by atoms with Crippen molar-refractivity contribution in [1.82, 2.24) is 19.9 Å². The van der Waals surface area contributed by atoms with Crippen LogP contribution in [0.15, 0.2) is 58.7 Å². The van der Waals surface area contributed by atoms with E-state index in [2.05, 4.69) is 10.3 Å². The van der Waals surface area contributed by atoms with Crippen molar-refractivity contribution >= 4 is 49.3 Å². The summed E-state index contributed by atoms with van der Waals surface area (Å²) in [5, 5.41) is 4.47. The number of pyridine rings is 1. The summed E-state index contributed by atoms with van der Waals surface area (Å²) in [5.74, 6) is 0.143. The van der Waals surface area contributed by atoms with Crippen molar-refractivity contribution in [3.05, 3.63) is 64.7 Å². The first-order valence-electron chi connectivity index (χ1n) is 9.80. The molecule has 1 N–H and O–H groups in total. The molecule has 0 spiro atoms. The average Bonchev–Trinajstić information content (AvgIpc) is 3.14. The molecule has 0 bridgehead atoms. The van der Waals surface area contributed by atoms with Crippen LogP contribution in [0.25, 0.3) is 20.3 Å². The zero-order valence-corrected chi connectivity index (χ0v) is 18.4. The lowest BCUT2D eigenvalue weighted by atomic mass is 10.2. The quantitative estimate of drug-likeness (QED) is 0.348. The van der Waals surface area contributed by atoms with E-state index in [-0.39, 0.29) is 23.3 Å². The normalized spacial score (nSPS) is 12.3. The number of hydrogen-bond acceptors (Lipinski definition) is 6. The molecule has 0 aliphatic rings. The molecular weight excluding hydrogens is 416 g/mol. The molecule has 30 heavy (non-hydrogen) atoms. The van der Waals surface area contributed by atoms with E-state index in [9.17, 15) is 9.59 Å². The summed E-state index contributed by atoms with van der Waals surface area (Å²) in [5.41, 5.74) is 1.52. The summed E-state index contributed by atoms with van der Waals surface area (Å²) in [6.45, 7) is 4.36. The number of nitrogens with one attached hydrogen (secondary N) is 1. The van der Waals surface area contributed by atoms with Crippen molar-refractivity contribution in [2.75, 3.05) is 5.75 Å². The van der Waals surface area contributed by atoms with Crippen LogP contribution < -0.4 is 10.9 Å². The molecule has 4 aromatic rings. The van der Waals surface area contributed by atoms with Crippen LogP contribution in [0.5, 0.6) is 0 Å².